The predicted octanol–water partition coefficient (Wildman–Crippen LogP) is 2.48. The number of hydrogen-bond acceptors (Lipinski definition) is 5. The lowest BCUT2D eigenvalue weighted by Gasteiger charge is -2.35. The summed E-state index contributed by atoms with van der Waals surface area (Å²) in [7, 11) is 4.66. The van der Waals surface area contributed by atoms with Gasteiger partial charge in [0.2, 0.25) is 0 Å². The lowest BCUT2D eigenvalue weighted by atomic mass is 9.80. The number of imide groups is 1. The molecule has 0 unspecified atom stereocenters. The van der Waals surface area contributed by atoms with E-state index in [9.17, 15) is 14.4 Å². The van der Waals surface area contributed by atoms with Gasteiger partial charge in [-0.05, 0) is 31.0 Å². The Morgan fingerprint density at radius 3 is 2.35 bits per heavy atom. The van der Waals surface area contributed by atoms with Gasteiger partial charge in [0.1, 0.15) is 5.54 Å². The van der Waals surface area contributed by atoms with Crippen LogP contribution in [0.25, 0.3) is 0 Å². The SMILES string of the molecule is COc1ccc(C(=O)CN2C(=O)N(C)C3(CCCCC3)C2=O)cc1OC. The van der Waals surface area contributed by atoms with Gasteiger partial charge in [-0.25, -0.2) is 4.79 Å². The van der Waals surface area contributed by atoms with Crippen LogP contribution in [-0.4, -0.2) is 60.9 Å². The van der Waals surface area contributed by atoms with E-state index in [1.807, 2.05) is 0 Å². The number of ether oxygens (including phenoxy) is 2. The number of Topliss-reactive ketones (excluding diaryl/α,β-unsaturated/α-hetero) is 1. The molecule has 140 valence electrons. The van der Waals surface area contributed by atoms with Crippen LogP contribution in [0.3, 0.4) is 0 Å². The third-order valence-corrected chi connectivity index (χ3v) is 5.49. The van der Waals surface area contributed by atoms with Gasteiger partial charge in [-0.3, -0.25) is 14.5 Å². The zero-order chi connectivity index (χ0) is 18.9. The van der Waals surface area contributed by atoms with Gasteiger partial charge in [0.05, 0.1) is 20.8 Å². The fourth-order valence-electron chi connectivity index (χ4n) is 3.92. The molecule has 0 N–H and O–H groups in total. The molecule has 1 heterocycles. The zero-order valence-electron chi connectivity index (χ0n) is 15.4. The first kappa shape index (κ1) is 18.2. The van der Waals surface area contributed by atoms with Crippen LogP contribution in [-0.2, 0) is 4.79 Å². The lowest BCUT2D eigenvalue weighted by molar-refractivity contribution is -0.134. The molecule has 1 saturated carbocycles. The molecule has 1 aliphatic carbocycles. The second-order valence-corrected chi connectivity index (χ2v) is 6.82. The van der Waals surface area contributed by atoms with Crippen LogP contribution < -0.4 is 9.47 Å². The molecule has 1 spiro atoms. The summed E-state index contributed by atoms with van der Waals surface area (Å²) in [6.45, 7) is -0.265. The Bertz CT molecular complexity index is 739. The standard InChI is InChI=1S/C19H24N2O5/c1-20-18(24)21(17(23)19(20)9-5-4-6-10-19)12-14(22)13-7-8-15(25-2)16(11-13)26-3/h7-8,11H,4-6,9-10,12H2,1-3H3. The first-order valence-electron chi connectivity index (χ1n) is 8.79. The summed E-state index contributed by atoms with van der Waals surface area (Å²) in [6, 6.07) is 4.40. The molecular formula is C19H24N2O5. The number of methoxy groups -OCH3 is 2. The highest BCUT2D eigenvalue weighted by Crippen LogP contribution is 2.39. The second kappa shape index (κ2) is 6.97. The third-order valence-electron chi connectivity index (χ3n) is 5.49. The smallest absolute Gasteiger partial charge is 0.327 e. The van der Waals surface area contributed by atoms with E-state index in [-0.39, 0.29) is 18.2 Å². The molecule has 0 aromatic heterocycles. The van der Waals surface area contributed by atoms with E-state index >= 15 is 0 Å². The van der Waals surface area contributed by atoms with Crippen LogP contribution in [0.1, 0.15) is 42.5 Å². The first-order chi connectivity index (χ1) is 12.4. The average Bonchev–Trinajstić information content (AvgIpc) is 2.84. The van der Waals surface area contributed by atoms with Gasteiger partial charge in [-0.1, -0.05) is 19.3 Å². The number of nitrogens with zero attached hydrogens (tertiary/aromatic N) is 2. The van der Waals surface area contributed by atoms with Gasteiger partial charge in [0.25, 0.3) is 5.91 Å². The van der Waals surface area contributed by atoms with Crippen molar-refractivity contribution in [1.82, 2.24) is 9.80 Å². The van der Waals surface area contributed by atoms with Crippen LogP contribution in [0.15, 0.2) is 18.2 Å². The minimum atomic E-state index is -0.771. The van der Waals surface area contributed by atoms with E-state index in [0.717, 1.165) is 24.2 Å². The second-order valence-electron chi connectivity index (χ2n) is 6.82. The molecule has 7 nitrogen and oxygen atoms in total. The summed E-state index contributed by atoms with van der Waals surface area (Å²) in [5.41, 5.74) is -0.400. The van der Waals surface area contributed by atoms with E-state index in [2.05, 4.69) is 0 Å². The molecule has 3 amide bonds. The van der Waals surface area contributed by atoms with Gasteiger partial charge in [-0.2, -0.15) is 0 Å². The van der Waals surface area contributed by atoms with Gasteiger partial charge < -0.3 is 14.4 Å². The summed E-state index contributed by atoms with van der Waals surface area (Å²) in [5, 5.41) is 0. The van der Waals surface area contributed by atoms with Gasteiger partial charge in [0.15, 0.2) is 17.3 Å². The van der Waals surface area contributed by atoms with Crippen molar-refractivity contribution in [1.29, 1.82) is 0 Å². The quantitative estimate of drug-likeness (QED) is 0.596. The number of ketones is 1. The Morgan fingerprint density at radius 2 is 1.73 bits per heavy atom. The van der Waals surface area contributed by atoms with Crippen LogP contribution in [0.4, 0.5) is 4.79 Å². The molecule has 3 rings (SSSR count). The fourth-order valence-corrected chi connectivity index (χ4v) is 3.92. The molecule has 26 heavy (non-hydrogen) atoms. The zero-order valence-corrected chi connectivity index (χ0v) is 15.4. The predicted molar refractivity (Wildman–Crippen MR) is 94.6 cm³/mol. The Morgan fingerprint density at radius 1 is 1.08 bits per heavy atom. The van der Waals surface area contributed by atoms with Crippen molar-refractivity contribution >= 4 is 17.7 Å². The number of carbonyl (C=O) groups excluding carboxylic acids is 3. The summed E-state index contributed by atoms with van der Waals surface area (Å²) in [5.74, 6) is 0.379. The minimum Gasteiger partial charge on any atom is -0.493 e. The Labute approximate surface area is 152 Å². The minimum absolute atomic E-state index is 0.251. The molecule has 2 fully saturated rings. The maximum Gasteiger partial charge on any atom is 0.327 e. The molecule has 0 bridgehead atoms. The van der Waals surface area contributed by atoms with Gasteiger partial charge in [0, 0.05) is 12.6 Å². The number of benzene rings is 1. The topological polar surface area (TPSA) is 76.2 Å². The highest BCUT2D eigenvalue weighted by Gasteiger charge is 2.55. The van der Waals surface area contributed by atoms with Crippen molar-refractivity contribution < 1.29 is 23.9 Å². The van der Waals surface area contributed by atoms with Crippen molar-refractivity contribution in [3.05, 3.63) is 23.8 Å². The van der Waals surface area contributed by atoms with Crippen LogP contribution in [0.5, 0.6) is 11.5 Å². The molecule has 0 radical (unpaired) electrons. The number of amides is 3. The van der Waals surface area contributed by atoms with E-state index in [1.54, 1.807) is 25.2 Å². The number of rotatable bonds is 5. The summed E-state index contributed by atoms with van der Waals surface area (Å²) in [6.07, 6.45) is 4.23. The number of carbonyl (C=O) groups is 3. The summed E-state index contributed by atoms with van der Waals surface area (Å²) >= 11 is 0. The number of urea groups is 1. The van der Waals surface area contributed by atoms with Crippen LogP contribution in [0, 0.1) is 0 Å². The molecular weight excluding hydrogens is 336 g/mol. The Kier molecular flexibility index (Phi) is 4.89. The normalized spacial score (nSPS) is 19.2. The van der Waals surface area contributed by atoms with E-state index < -0.39 is 11.6 Å². The Balaban J connectivity index is 1.81. The van der Waals surface area contributed by atoms with E-state index in [4.69, 9.17) is 9.47 Å². The van der Waals surface area contributed by atoms with Crippen molar-refractivity contribution in [3.63, 3.8) is 0 Å². The molecule has 1 aliphatic heterocycles. The number of hydrogen-bond donors (Lipinski definition) is 0. The molecule has 2 aliphatic rings. The van der Waals surface area contributed by atoms with Gasteiger partial charge in [-0.15, -0.1) is 0 Å². The molecule has 1 saturated heterocycles. The maximum absolute atomic E-state index is 13.0. The first-order valence-corrected chi connectivity index (χ1v) is 8.79. The molecule has 1 aromatic rings. The van der Waals surface area contributed by atoms with Crippen molar-refractivity contribution in [2.75, 3.05) is 27.8 Å². The van der Waals surface area contributed by atoms with Gasteiger partial charge >= 0.3 is 6.03 Å². The summed E-state index contributed by atoms with van der Waals surface area (Å²) in [4.78, 5) is 40.9. The summed E-state index contributed by atoms with van der Waals surface area (Å²) < 4.78 is 10.4. The highest BCUT2D eigenvalue weighted by molar-refractivity contribution is 6.11. The van der Waals surface area contributed by atoms with Crippen molar-refractivity contribution in [3.8, 4) is 11.5 Å². The van der Waals surface area contributed by atoms with E-state index in [1.165, 1.54) is 19.1 Å². The van der Waals surface area contributed by atoms with Crippen LogP contribution in [0.2, 0.25) is 0 Å². The van der Waals surface area contributed by atoms with Crippen LogP contribution >= 0.6 is 0 Å². The molecule has 7 heteroatoms. The van der Waals surface area contributed by atoms with Crippen molar-refractivity contribution in [2.45, 2.75) is 37.6 Å². The Hall–Kier alpha value is -2.57. The molecule has 0 atom stereocenters. The fraction of sp³-hybridized carbons (Fsp3) is 0.526. The number of likely N-dealkylation sites (N-methyl/N-ethyl adjacent to an activating group) is 1. The lowest BCUT2D eigenvalue weighted by Crippen LogP contribution is -2.49. The highest BCUT2D eigenvalue weighted by atomic mass is 16.5. The molecule has 1 aromatic carbocycles. The monoisotopic (exact) mass is 360 g/mol. The largest absolute Gasteiger partial charge is 0.493 e. The third kappa shape index (κ3) is 2.81. The average molecular weight is 360 g/mol. The maximum atomic E-state index is 13.0. The van der Waals surface area contributed by atoms with Crippen molar-refractivity contribution in [2.24, 2.45) is 0 Å². The van der Waals surface area contributed by atoms with E-state index in [0.29, 0.717) is 29.9 Å².